The maximum absolute atomic E-state index is 11.3. The van der Waals surface area contributed by atoms with E-state index in [2.05, 4.69) is 12.2 Å². The van der Waals surface area contributed by atoms with E-state index in [1.165, 1.54) is 44.9 Å². The maximum Gasteiger partial charge on any atom is 0.222 e. The molecule has 3 N–H and O–H groups in total. The molecule has 1 aliphatic rings. The summed E-state index contributed by atoms with van der Waals surface area (Å²) in [6.45, 7) is 4.08. The van der Waals surface area contributed by atoms with Gasteiger partial charge in [-0.05, 0) is 25.3 Å². The molecular weight excluding hydrogens is 212 g/mol. The molecule has 3 heteroatoms. The lowest BCUT2D eigenvalue weighted by molar-refractivity contribution is -0.124. The quantitative estimate of drug-likeness (QED) is 0.640. The number of rotatable bonds is 8. The van der Waals surface area contributed by atoms with Gasteiger partial charge in [0.1, 0.15) is 0 Å². The van der Waals surface area contributed by atoms with Gasteiger partial charge in [0.05, 0.1) is 5.92 Å². The third kappa shape index (κ3) is 5.53. The van der Waals surface area contributed by atoms with Crippen LogP contribution in [0.2, 0.25) is 0 Å². The minimum atomic E-state index is -0.117. The number of hydrogen-bond acceptors (Lipinski definition) is 2. The number of amides is 1. The Hall–Kier alpha value is -0.570. The van der Waals surface area contributed by atoms with Crippen LogP contribution in [0.5, 0.6) is 0 Å². The summed E-state index contributed by atoms with van der Waals surface area (Å²) in [5.74, 6) is 0.479. The highest BCUT2D eigenvalue weighted by Gasteiger charge is 2.28. The Morgan fingerprint density at radius 1 is 1.24 bits per heavy atom. The van der Waals surface area contributed by atoms with Crippen LogP contribution in [0.25, 0.3) is 0 Å². The van der Waals surface area contributed by atoms with Gasteiger partial charge in [-0.3, -0.25) is 4.79 Å². The van der Waals surface area contributed by atoms with Crippen LogP contribution in [0.4, 0.5) is 0 Å². The number of nitrogens with two attached hydrogens (primary N) is 1. The molecule has 1 amide bonds. The number of carbonyl (C=O) groups excluding carboxylic acids is 1. The molecule has 0 aromatic carbocycles. The minimum absolute atomic E-state index is 0.0689. The van der Waals surface area contributed by atoms with Crippen molar-refractivity contribution in [1.82, 2.24) is 5.32 Å². The fraction of sp³-hybridized carbons (Fsp3) is 0.929. The lowest BCUT2D eigenvalue weighted by Crippen LogP contribution is -2.43. The van der Waals surface area contributed by atoms with Crippen LogP contribution in [-0.2, 0) is 4.79 Å². The Morgan fingerprint density at radius 3 is 2.65 bits per heavy atom. The van der Waals surface area contributed by atoms with Crippen molar-refractivity contribution < 1.29 is 4.79 Å². The Labute approximate surface area is 106 Å². The number of carbonyl (C=O) groups is 1. The van der Waals surface area contributed by atoms with E-state index < -0.39 is 0 Å². The van der Waals surface area contributed by atoms with Gasteiger partial charge in [-0.15, -0.1) is 0 Å². The summed E-state index contributed by atoms with van der Waals surface area (Å²) in [4.78, 5) is 11.3. The van der Waals surface area contributed by atoms with E-state index in [-0.39, 0.29) is 11.8 Å². The standard InChI is InChI=1S/C14H28N2O/c1-2-3-4-5-6-7-8-12-9-10-16-11-13(12)14(15)17/h12-13,16H,2-11H2,1H3,(H2,15,17). The van der Waals surface area contributed by atoms with Crippen molar-refractivity contribution in [2.75, 3.05) is 13.1 Å². The Balaban J connectivity index is 2.13. The first-order valence-corrected chi connectivity index (χ1v) is 7.25. The fourth-order valence-electron chi connectivity index (χ4n) is 2.78. The molecule has 17 heavy (non-hydrogen) atoms. The lowest BCUT2D eigenvalue weighted by Gasteiger charge is -2.30. The summed E-state index contributed by atoms with van der Waals surface area (Å²) in [7, 11) is 0. The molecule has 0 radical (unpaired) electrons. The number of hydrogen-bond donors (Lipinski definition) is 2. The van der Waals surface area contributed by atoms with Gasteiger partial charge in [0.15, 0.2) is 0 Å². The third-order valence-electron chi connectivity index (χ3n) is 3.92. The SMILES string of the molecule is CCCCCCCCC1CCNCC1C(N)=O. The normalized spacial score (nSPS) is 24.8. The summed E-state index contributed by atoms with van der Waals surface area (Å²) >= 11 is 0. The molecule has 0 spiro atoms. The number of piperidine rings is 1. The van der Waals surface area contributed by atoms with Gasteiger partial charge in [0.25, 0.3) is 0 Å². The second kappa shape index (κ2) is 8.51. The maximum atomic E-state index is 11.3. The molecule has 1 aliphatic heterocycles. The first-order valence-electron chi connectivity index (χ1n) is 7.25. The fourth-order valence-corrected chi connectivity index (χ4v) is 2.78. The molecule has 0 aromatic heterocycles. The molecule has 1 fully saturated rings. The van der Waals surface area contributed by atoms with Gasteiger partial charge < -0.3 is 11.1 Å². The summed E-state index contributed by atoms with van der Waals surface area (Å²) in [5, 5.41) is 3.26. The molecular formula is C14H28N2O. The number of nitrogens with one attached hydrogen (secondary N) is 1. The zero-order chi connectivity index (χ0) is 12.5. The van der Waals surface area contributed by atoms with Crippen molar-refractivity contribution in [3.8, 4) is 0 Å². The van der Waals surface area contributed by atoms with Crippen LogP contribution in [-0.4, -0.2) is 19.0 Å². The monoisotopic (exact) mass is 240 g/mol. The largest absolute Gasteiger partial charge is 0.369 e. The molecule has 0 aliphatic carbocycles. The van der Waals surface area contributed by atoms with Crippen molar-refractivity contribution >= 4 is 5.91 Å². The molecule has 0 aromatic rings. The Bertz CT molecular complexity index is 218. The topological polar surface area (TPSA) is 55.1 Å². The summed E-state index contributed by atoms with van der Waals surface area (Å²) in [6, 6.07) is 0. The molecule has 100 valence electrons. The first kappa shape index (κ1) is 14.5. The van der Waals surface area contributed by atoms with Gasteiger partial charge >= 0.3 is 0 Å². The highest BCUT2D eigenvalue weighted by Crippen LogP contribution is 2.25. The molecule has 3 nitrogen and oxygen atoms in total. The van der Waals surface area contributed by atoms with E-state index in [1.54, 1.807) is 0 Å². The van der Waals surface area contributed by atoms with Crippen molar-refractivity contribution in [1.29, 1.82) is 0 Å². The first-order chi connectivity index (χ1) is 8.25. The van der Waals surface area contributed by atoms with Gasteiger partial charge in [0, 0.05) is 6.54 Å². The average Bonchev–Trinajstić information content (AvgIpc) is 2.34. The third-order valence-corrected chi connectivity index (χ3v) is 3.92. The zero-order valence-electron chi connectivity index (χ0n) is 11.2. The predicted octanol–water partition coefficient (Wildman–Crippen LogP) is 2.45. The van der Waals surface area contributed by atoms with E-state index >= 15 is 0 Å². The number of unbranched alkanes of at least 4 members (excludes halogenated alkanes) is 5. The second-order valence-corrected chi connectivity index (χ2v) is 5.32. The highest BCUT2D eigenvalue weighted by atomic mass is 16.1. The van der Waals surface area contributed by atoms with E-state index in [0.717, 1.165) is 19.5 Å². The molecule has 1 rings (SSSR count). The Morgan fingerprint density at radius 2 is 1.94 bits per heavy atom. The highest BCUT2D eigenvalue weighted by molar-refractivity contribution is 5.77. The van der Waals surface area contributed by atoms with Crippen molar-refractivity contribution in [2.45, 2.75) is 58.3 Å². The molecule has 2 atom stereocenters. The van der Waals surface area contributed by atoms with Gasteiger partial charge in [0.2, 0.25) is 5.91 Å². The van der Waals surface area contributed by atoms with Crippen LogP contribution in [0.15, 0.2) is 0 Å². The predicted molar refractivity (Wildman–Crippen MR) is 71.7 cm³/mol. The van der Waals surface area contributed by atoms with Crippen molar-refractivity contribution in [3.63, 3.8) is 0 Å². The molecule has 1 saturated heterocycles. The Kier molecular flexibility index (Phi) is 7.25. The van der Waals surface area contributed by atoms with Gasteiger partial charge in [-0.1, -0.05) is 45.4 Å². The summed E-state index contributed by atoms with van der Waals surface area (Å²) in [5.41, 5.74) is 5.45. The second-order valence-electron chi connectivity index (χ2n) is 5.32. The van der Waals surface area contributed by atoms with E-state index in [4.69, 9.17) is 5.73 Å². The molecule has 0 bridgehead atoms. The van der Waals surface area contributed by atoms with Gasteiger partial charge in [-0.25, -0.2) is 0 Å². The lowest BCUT2D eigenvalue weighted by atomic mass is 9.82. The van der Waals surface area contributed by atoms with Crippen LogP contribution in [0, 0.1) is 11.8 Å². The van der Waals surface area contributed by atoms with Crippen LogP contribution in [0.1, 0.15) is 58.3 Å². The average molecular weight is 240 g/mol. The van der Waals surface area contributed by atoms with Crippen molar-refractivity contribution in [2.24, 2.45) is 17.6 Å². The van der Waals surface area contributed by atoms with E-state index in [0.29, 0.717) is 5.92 Å². The zero-order valence-corrected chi connectivity index (χ0v) is 11.2. The molecule has 0 saturated carbocycles. The van der Waals surface area contributed by atoms with Gasteiger partial charge in [-0.2, -0.15) is 0 Å². The van der Waals surface area contributed by atoms with Crippen LogP contribution < -0.4 is 11.1 Å². The van der Waals surface area contributed by atoms with E-state index in [1.807, 2.05) is 0 Å². The summed E-state index contributed by atoms with van der Waals surface area (Å²) in [6.07, 6.45) is 10.2. The molecule has 1 heterocycles. The van der Waals surface area contributed by atoms with E-state index in [9.17, 15) is 4.79 Å². The minimum Gasteiger partial charge on any atom is -0.369 e. The number of primary amides is 1. The van der Waals surface area contributed by atoms with Crippen LogP contribution >= 0.6 is 0 Å². The molecule has 2 unspecified atom stereocenters. The van der Waals surface area contributed by atoms with Crippen molar-refractivity contribution in [3.05, 3.63) is 0 Å². The summed E-state index contributed by atoms with van der Waals surface area (Å²) < 4.78 is 0. The smallest absolute Gasteiger partial charge is 0.222 e. The van der Waals surface area contributed by atoms with Crippen LogP contribution in [0.3, 0.4) is 0 Å².